The summed E-state index contributed by atoms with van der Waals surface area (Å²) in [6.07, 6.45) is 4.03. The van der Waals surface area contributed by atoms with Crippen LogP contribution in [0.5, 0.6) is 0 Å². The van der Waals surface area contributed by atoms with E-state index in [9.17, 15) is 0 Å². The second kappa shape index (κ2) is 10.3. The molecule has 1 heterocycles. The number of hydrogen-bond donors (Lipinski definition) is 1. The molecule has 0 spiro atoms. The highest BCUT2D eigenvalue weighted by molar-refractivity contribution is 9.10. The van der Waals surface area contributed by atoms with Crippen LogP contribution in [0.1, 0.15) is 45.3 Å². The van der Waals surface area contributed by atoms with E-state index in [2.05, 4.69) is 40.2 Å². The van der Waals surface area contributed by atoms with E-state index >= 15 is 0 Å². The lowest BCUT2D eigenvalue weighted by Crippen LogP contribution is -2.36. The van der Waals surface area contributed by atoms with E-state index in [4.69, 9.17) is 9.47 Å². The van der Waals surface area contributed by atoms with Crippen LogP contribution in [-0.4, -0.2) is 42.8 Å². The molecule has 0 radical (unpaired) electrons. The summed E-state index contributed by atoms with van der Waals surface area (Å²) in [4.78, 5) is 0. The lowest BCUT2D eigenvalue weighted by Gasteiger charge is -2.28. The maximum Gasteiger partial charge on any atom is 0.0782 e. The average Bonchev–Trinajstić information content (AvgIpc) is 2.85. The van der Waals surface area contributed by atoms with Crippen LogP contribution < -0.4 is 5.32 Å². The van der Waals surface area contributed by atoms with Gasteiger partial charge in [-0.25, -0.2) is 0 Å². The second-order valence-corrected chi connectivity index (χ2v) is 5.78. The Morgan fingerprint density at radius 2 is 2.14 bits per heavy atom. The normalized spacial score (nSPS) is 14.3. The van der Waals surface area contributed by atoms with Crippen molar-refractivity contribution >= 4 is 15.9 Å². The first-order valence-corrected chi connectivity index (χ1v) is 8.53. The van der Waals surface area contributed by atoms with E-state index < -0.39 is 0 Å². The van der Waals surface area contributed by atoms with E-state index in [0.29, 0.717) is 13.2 Å². The van der Waals surface area contributed by atoms with Gasteiger partial charge in [-0.1, -0.05) is 13.8 Å². The van der Waals surface area contributed by atoms with Gasteiger partial charge in [0.25, 0.3) is 0 Å². The van der Waals surface area contributed by atoms with Crippen LogP contribution >= 0.6 is 15.9 Å². The van der Waals surface area contributed by atoms with E-state index in [1.54, 1.807) is 7.11 Å². The molecule has 122 valence electrons. The highest BCUT2D eigenvalue weighted by atomic mass is 79.9. The summed E-state index contributed by atoms with van der Waals surface area (Å²) in [5.41, 5.74) is 1.14. The zero-order chi connectivity index (χ0) is 15.7. The monoisotopic (exact) mass is 361 g/mol. The summed E-state index contributed by atoms with van der Waals surface area (Å²) < 4.78 is 14.1. The van der Waals surface area contributed by atoms with Crippen LogP contribution in [0.3, 0.4) is 0 Å². The first-order chi connectivity index (χ1) is 10.2. The van der Waals surface area contributed by atoms with Crippen LogP contribution in [0.4, 0.5) is 0 Å². The van der Waals surface area contributed by atoms with Gasteiger partial charge in [0.15, 0.2) is 0 Å². The van der Waals surface area contributed by atoms with Crippen LogP contribution in [0.15, 0.2) is 10.7 Å². The Morgan fingerprint density at radius 1 is 1.38 bits per heavy atom. The van der Waals surface area contributed by atoms with Gasteiger partial charge in [-0.15, -0.1) is 0 Å². The van der Waals surface area contributed by atoms with E-state index in [1.165, 1.54) is 0 Å². The largest absolute Gasteiger partial charge is 0.383 e. The van der Waals surface area contributed by atoms with Gasteiger partial charge >= 0.3 is 0 Å². The molecule has 1 N–H and O–H groups in total. The molecule has 1 rings (SSSR count). The first kappa shape index (κ1) is 18.6. The summed E-state index contributed by atoms with van der Waals surface area (Å²) in [7, 11) is 1.71. The molecule has 0 saturated heterocycles. The Hall–Kier alpha value is -0.430. The third-order valence-electron chi connectivity index (χ3n) is 3.40. The highest BCUT2D eigenvalue weighted by Crippen LogP contribution is 2.28. The molecule has 0 fully saturated rings. The molecule has 0 saturated carbocycles. The fraction of sp³-hybridized carbons (Fsp3) is 0.800. The minimum Gasteiger partial charge on any atom is -0.383 e. The summed E-state index contributed by atoms with van der Waals surface area (Å²) >= 11 is 3.63. The molecule has 6 heteroatoms. The van der Waals surface area contributed by atoms with E-state index in [0.717, 1.165) is 36.1 Å². The molecule has 0 aliphatic carbocycles. The fourth-order valence-corrected chi connectivity index (χ4v) is 2.95. The molecule has 0 aromatic carbocycles. The van der Waals surface area contributed by atoms with Gasteiger partial charge in [0.2, 0.25) is 0 Å². The maximum absolute atomic E-state index is 5.93. The number of nitrogens with zero attached hydrogens (tertiary/aromatic N) is 2. The smallest absolute Gasteiger partial charge is 0.0782 e. The van der Waals surface area contributed by atoms with Gasteiger partial charge in [0, 0.05) is 13.7 Å². The van der Waals surface area contributed by atoms with Crippen molar-refractivity contribution < 1.29 is 9.47 Å². The molecule has 2 unspecified atom stereocenters. The number of nitrogens with one attached hydrogen (secondary N) is 1. The van der Waals surface area contributed by atoms with Gasteiger partial charge in [0.05, 0.1) is 41.7 Å². The zero-order valence-electron chi connectivity index (χ0n) is 13.6. The molecule has 2 atom stereocenters. The van der Waals surface area contributed by atoms with E-state index in [-0.39, 0.29) is 12.1 Å². The summed E-state index contributed by atoms with van der Waals surface area (Å²) in [5, 5.41) is 8.06. The topological polar surface area (TPSA) is 48.3 Å². The predicted octanol–water partition coefficient (Wildman–Crippen LogP) is 3.15. The van der Waals surface area contributed by atoms with Gasteiger partial charge < -0.3 is 14.8 Å². The minimum absolute atomic E-state index is 0.128. The third kappa shape index (κ3) is 5.36. The van der Waals surface area contributed by atoms with Crippen molar-refractivity contribution in [2.24, 2.45) is 0 Å². The number of methoxy groups -OCH3 is 1. The summed E-state index contributed by atoms with van der Waals surface area (Å²) in [5.74, 6) is 0. The molecular formula is C15H28BrN3O2. The van der Waals surface area contributed by atoms with Gasteiger partial charge in [-0.05, 0) is 42.2 Å². The Bertz CT molecular complexity index is 398. The van der Waals surface area contributed by atoms with Crippen molar-refractivity contribution in [2.75, 3.05) is 26.9 Å². The van der Waals surface area contributed by atoms with Gasteiger partial charge in [-0.2, -0.15) is 5.10 Å². The first-order valence-electron chi connectivity index (χ1n) is 7.74. The molecule has 5 nitrogen and oxygen atoms in total. The molecule has 0 aliphatic heterocycles. The SMILES string of the molecule is CCCNC(c1c(Br)cnn1CCOC)C(CC)OCC. The predicted molar refractivity (Wildman–Crippen MR) is 88.5 cm³/mol. The molecular weight excluding hydrogens is 334 g/mol. The molecule has 0 aliphatic rings. The van der Waals surface area contributed by atoms with E-state index in [1.807, 2.05) is 17.8 Å². The zero-order valence-corrected chi connectivity index (χ0v) is 15.1. The second-order valence-electron chi connectivity index (χ2n) is 4.93. The molecule has 1 aromatic heterocycles. The number of ether oxygens (including phenoxy) is 2. The standard InChI is InChI=1S/C15H28BrN3O2/c1-5-8-17-14(13(6-2)21-7-3)15-12(16)11-18-19(15)9-10-20-4/h11,13-14,17H,5-10H2,1-4H3. The Morgan fingerprint density at radius 3 is 2.71 bits per heavy atom. The molecule has 1 aromatic rings. The molecule has 21 heavy (non-hydrogen) atoms. The summed E-state index contributed by atoms with van der Waals surface area (Å²) in [6.45, 7) is 9.42. The maximum atomic E-state index is 5.93. The Labute approximate surface area is 136 Å². The van der Waals surface area contributed by atoms with Gasteiger partial charge in [0.1, 0.15) is 0 Å². The van der Waals surface area contributed by atoms with Crippen molar-refractivity contribution in [3.63, 3.8) is 0 Å². The number of rotatable bonds is 11. The van der Waals surface area contributed by atoms with Crippen molar-refractivity contribution in [1.29, 1.82) is 0 Å². The lowest BCUT2D eigenvalue weighted by molar-refractivity contribution is 0.0285. The van der Waals surface area contributed by atoms with Crippen molar-refractivity contribution in [2.45, 2.75) is 52.3 Å². The quantitative estimate of drug-likeness (QED) is 0.657. The molecule has 0 bridgehead atoms. The molecule has 0 amide bonds. The van der Waals surface area contributed by atoms with Crippen molar-refractivity contribution in [1.82, 2.24) is 15.1 Å². The fourth-order valence-electron chi connectivity index (χ4n) is 2.40. The van der Waals surface area contributed by atoms with Crippen LogP contribution in [0.25, 0.3) is 0 Å². The third-order valence-corrected chi connectivity index (χ3v) is 4.02. The van der Waals surface area contributed by atoms with Crippen molar-refractivity contribution in [3.05, 3.63) is 16.4 Å². The van der Waals surface area contributed by atoms with Crippen molar-refractivity contribution in [3.8, 4) is 0 Å². The van der Waals surface area contributed by atoms with Gasteiger partial charge in [-0.3, -0.25) is 4.68 Å². The van der Waals surface area contributed by atoms with Crippen LogP contribution in [0.2, 0.25) is 0 Å². The minimum atomic E-state index is 0.128. The number of aromatic nitrogens is 2. The summed E-state index contributed by atoms with van der Waals surface area (Å²) in [6, 6.07) is 0.128. The van der Waals surface area contributed by atoms with Crippen LogP contribution in [-0.2, 0) is 16.0 Å². The number of hydrogen-bond acceptors (Lipinski definition) is 4. The average molecular weight is 362 g/mol. The highest BCUT2D eigenvalue weighted by Gasteiger charge is 2.27. The Balaban J connectivity index is 3.02. The van der Waals surface area contributed by atoms with Crippen LogP contribution in [0, 0.1) is 0 Å². The lowest BCUT2D eigenvalue weighted by atomic mass is 10.0. The Kier molecular flexibility index (Phi) is 9.15. The number of halogens is 1.